The number of rotatable bonds is 5. The second-order valence-electron chi connectivity index (χ2n) is 5.07. The highest BCUT2D eigenvalue weighted by atomic mass is 16.4. The van der Waals surface area contributed by atoms with Gasteiger partial charge in [0.15, 0.2) is 5.84 Å². The third-order valence-electron chi connectivity index (χ3n) is 3.52. The molecule has 0 spiro atoms. The molecular weight excluding hydrogens is 256 g/mol. The van der Waals surface area contributed by atoms with Gasteiger partial charge in [-0.25, -0.2) is 0 Å². The molecule has 0 fully saturated rings. The van der Waals surface area contributed by atoms with E-state index in [-0.39, 0.29) is 11.7 Å². The number of hydrogen-bond acceptors (Lipinski definition) is 4. The van der Waals surface area contributed by atoms with E-state index in [1.54, 1.807) is 6.92 Å². The van der Waals surface area contributed by atoms with E-state index in [4.69, 9.17) is 10.9 Å². The van der Waals surface area contributed by atoms with Crippen LogP contribution in [0.4, 0.5) is 11.4 Å². The normalized spacial score (nSPS) is 14.5. The van der Waals surface area contributed by atoms with Gasteiger partial charge in [-0.1, -0.05) is 12.1 Å². The highest BCUT2D eigenvalue weighted by Gasteiger charge is 2.36. The maximum Gasteiger partial charge on any atom is 0.238 e. The number of nitrogens with two attached hydrogens (primary N) is 1. The average Bonchev–Trinajstić information content (AvgIpc) is 2.45. The first-order valence-corrected chi connectivity index (χ1v) is 6.42. The third kappa shape index (κ3) is 3.20. The molecule has 1 rings (SSSR count). The van der Waals surface area contributed by atoms with Gasteiger partial charge >= 0.3 is 0 Å². The summed E-state index contributed by atoms with van der Waals surface area (Å²) in [4.78, 5) is 14.3. The fraction of sp³-hybridized carbons (Fsp3) is 0.429. The van der Waals surface area contributed by atoms with E-state index in [0.29, 0.717) is 12.1 Å². The molecule has 0 bridgehead atoms. The van der Waals surface area contributed by atoms with Crippen LogP contribution in [-0.4, -0.2) is 31.0 Å². The number of benzene rings is 1. The third-order valence-corrected chi connectivity index (χ3v) is 3.52. The summed E-state index contributed by atoms with van der Waals surface area (Å²) < 4.78 is 0. The molecule has 1 atom stereocenters. The zero-order valence-electron chi connectivity index (χ0n) is 12.3. The van der Waals surface area contributed by atoms with Crippen molar-refractivity contribution < 1.29 is 10.0 Å². The average molecular weight is 278 g/mol. The van der Waals surface area contributed by atoms with E-state index in [2.05, 4.69) is 10.5 Å². The SMILES string of the molecule is CCC(C)(C(=O)Nc1ccc(N(C)C)cc1)/C(N)=N/O. The fourth-order valence-corrected chi connectivity index (χ4v) is 1.68. The number of amidine groups is 1. The Morgan fingerprint density at radius 3 is 2.35 bits per heavy atom. The number of hydrogen-bond donors (Lipinski definition) is 3. The van der Waals surface area contributed by atoms with Crippen molar-refractivity contribution in [1.82, 2.24) is 0 Å². The molecule has 6 heteroatoms. The lowest BCUT2D eigenvalue weighted by Gasteiger charge is -2.25. The molecule has 1 aromatic carbocycles. The number of amides is 1. The molecule has 20 heavy (non-hydrogen) atoms. The summed E-state index contributed by atoms with van der Waals surface area (Å²) in [6.45, 7) is 3.46. The number of anilines is 2. The first-order chi connectivity index (χ1) is 9.35. The highest BCUT2D eigenvalue weighted by Crippen LogP contribution is 2.24. The summed E-state index contributed by atoms with van der Waals surface area (Å²) in [5.74, 6) is -0.393. The van der Waals surface area contributed by atoms with Gasteiger partial charge in [-0.15, -0.1) is 0 Å². The summed E-state index contributed by atoms with van der Waals surface area (Å²) in [5.41, 5.74) is 6.29. The molecule has 0 saturated heterocycles. The molecule has 0 radical (unpaired) electrons. The van der Waals surface area contributed by atoms with E-state index >= 15 is 0 Å². The number of oxime groups is 1. The van der Waals surface area contributed by atoms with Crippen LogP contribution >= 0.6 is 0 Å². The maximum atomic E-state index is 12.3. The van der Waals surface area contributed by atoms with Crippen LogP contribution < -0.4 is 16.0 Å². The molecular formula is C14H22N4O2. The zero-order chi connectivity index (χ0) is 15.3. The zero-order valence-corrected chi connectivity index (χ0v) is 12.3. The van der Waals surface area contributed by atoms with Crippen molar-refractivity contribution in [3.63, 3.8) is 0 Å². The molecule has 1 amide bonds. The van der Waals surface area contributed by atoms with Crippen molar-refractivity contribution in [2.45, 2.75) is 20.3 Å². The van der Waals surface area contributed by atoms with Crippen LogP contribution in [-0.2, 0) is 4.79 Å². The summed E-state index contributed by atoms with van der Waals surface area (Å²) in [6.07, 6.45) is 0.435. The quantitative estimate of drug-likeness (QED) is 0.332. The molecule has 0 aromatic heterocycles. The smallest absolute Gasteiger partial charge is 0.238 e. The van der Waals surface area contributed by atoms with E-state index in [0.717, 1.165) is 5.69 Å². The Hall–Kier alpha value is -2.24. The van der Waals surface area contributed by atoms with Crippen LogP contribution in [0, 0.1) is 5.41 Å². The van der Waals surface area contributed by atoms with Crippen molar-refractivity contribution in [2.75, 3.05) is 24.3 Å². The largest absolute Gasteiger partial charge is 0.409 e. The van der Waals surface area contributed by atoms with E-state index in [1.807, 2.05) is 50.2 Å². The van der Waals surface area contributed by atoms with Crippen molar-refractivity contribution in [3.8, 4) is 0 Å². The summed E-state index contributed by atoms with van der Waals surface area (Å²) in [6, 6.07) is 7.44. The molecule has 1 unspecified atom stereocenters. The minimum atomic E-state index is -1.03. The number of carbonyl (C=O) groups excluding carboxylic acids is 1. The van der Waals surface area contributed by atoms with Gasteiger partial charge in [0.1, 0.15) is 5.41 Å². The molecule has 4 N–H and O–H groups in total. The predicted molar refractivity (Wildman–Crippen MR) is 81.2 cm³/mol. The lowest BCUT2D eigenvalue weighted by molar-refractivity contribution is -0.121. The topological polar surface area (TPSA) is 91.0 Å². The van der Waals surface area contributed by atoms with Crippen LogP contribution in [0.25, 0.3) is 0 Å². The molecule has 0 saturated carbocycles. The summed E-state index contributed by atoms with van der Waals surface area (Å²) in [5, 5.41) is 14.5. The van der Waals surface area contributed by atoms with E-state index in [1.165, 1.54) is 0 Å². The van der Waals surface area contributed by atoms with Crippen LogP contribution in [0.2, 0.25) is 0 Å². The van der Waals surface area contributed by atoms with Gasteiger partial charge in [-0.05, 0) is 37.6 Å². The van der Waals surface area contributed by atoms with Gasteiger partial charge in [0.05, 0.1) is 0 Å². The minimum Gasteiger partial charge on any atom is -0.409 e. The van der Waals surface area contributed by atoms with E-state index in [9.17, 15) is 4.79 Å². The van der Waals surface area contributed by atoms with Gasteiger partial charge < -0.3 is 21.2 Å². The maximum absolute atomic E-state index is 12.3. The van der Waals surface area contributed by atoms with Crippen LogP contribution in [0.15, 0.2) is 29.4 Å². The van der Waals surface area contributed by atoms with Gasteiger partial charge in [-0.3, -0.25) is 4.79 Å². The highest BCUT2D eigenvalue weighted by molar-refractivity contribution is 6.11. The standard InChI is InChI=1S/C14H22N4O2/c1-5-14(2,12(15)17-20)13(19)16-10-6-8-11(9-7-10)18(3)4/h6-9,20H,5H2,1-4H3,(H2,15,17)(H,16,19). The van der Waals surface area contributed by atoms with Crippen molar-refractivity contribution in [1.29, 1.82) is 0 Å². The summed E-state index contributed by atoms with van der Waals surface area (Å²) >= 11 is 0. The van der Waals surface area contributed by atoms with E-state index < -0.39 is 5.41 Å². The Balaban J connectivity index is 2.89. The second-order valence-corrected chi connectivity index (χ2v) is 5.07. The van der Waals surface area contributed by atoms with Crippen molar-refractivity contribution in [2.24, 2.45) is 16.3 Å². The Morgan fingerprint density at radius 1 is 1.40 bits per heavy atom. The Bertz CT molecular complexity index is 496. The van der Waals surface area contributed by atoms with Gasteiger partial charge in [0.25, 0.3) is 0 Å². The number of nitrogens with zero attached hydrogens (tertiary/aromatic N) is 2. The van der Waals surface area contributed by atoms with Crippen molar-refractivity contribution >= 4 is 23.1 Å². The molecule has 6 nitrogen and oxygen atoms in total. The monoisotopic (exact) mass is 278 g/mol. The Morgan fingerprint density at radius 2 is 1.95 bits per heavy atom. The second kappa shape index (κ2) is 6.27. The predicted octanol–water partition coefficient (Wildman–Crippen LogP) is 1.85. The van der Waals surface area contributed by atoms with Crippen LogP contribution in [0.1, 0.15) is 20.3 Å². The molecule has 0 aliphatic rings. The molecule has 110 valence electrons. The molecule has 0 heterocycles. The molecule has 0 aliphatic heterocycles. The lowest BCUT2D eigenvalue weighted by atomic mass is 9.85. The van der Waals surface area contributed by atoms with Gasteiger partial charge in [0, 0.05) is 25.5 Å². The Labute approximate surface area is 119 Å². The summed E-state index contributed by atoms with van der Waals surface area (Å²) in [7, 11) is 3.89. The minimum absolute atomic E-state index is 0.0950. The van der Waals surface area contributed by atoms with Crippen LogP contribution in [0.5, 0.6) is 0 Å². The first-order valence-electron chi connectivity index (χ1n) is 6.42. The molecule has 1 aromatic rings. The number of carbonyl (C=O) groups is 1. The lowest BCUT2D eigenvalue weighted by Crippen LogP contribution is -2.44. The van der Waals surface area contributed by atoms with Crippen LogP contribution in [0.3, 0.4) is 0 Å². The van der Waals surface area contributed by atoms with Crippen molar-refractivity contribution in [3.05, 3.63) is 24.3 Å². The Kier molecular flexibility index (Phi) is 4.96. The first kappa shape index (κ1) is 15.8. The molecule has 0 aliphatic carbocycles. The fourth-order valence-electron chi connectivity index (χ4n) is 1.68. The van der Waals surface area contributed by atoms with Gasteiger partial charge in [0.2, 0.25) is 5.91 Å². The van der Waals surface area contributed by atoms with Gasteiger partial charge in [-0.2, -0.15) is 0 Å². The number of nitrogens with one attached hydrogen (secondary N) is 1.